The Hall–Kier alpha value is -1.48. The zero-order valence-corrected chi connectivity index (χ0v) is 10.1. The normalized spacial score (nSPS) is 11.9. The second-order valence-corrected chi connectivity index (χ2v) is 5.91. The number of methoxy groups -OCH3 is 1. The topological polar surface area (TPSA) is 108 Å². The summed E-state index contributed by atoms with van der Waals surface area (Å²) in [5.74, 6) is 0.110. The number of sulfone groups is 1. The Morgan fingerprint density at radius 3 is 2.56 bits per heavy atom. The van der Waals surface area contributed by atoms with Gasteiger partial charge in [0, 0.05) is 6.26 Å². The van der Waals surface area contributed by atoms with Gasteiger partial charge in [-0.25, -0.2) is 18.4 Å². The third-order valence-corrected chi connectivity index (χ3v) is 3.37. The number of aromatic nitrogens is 3. The van der Waals surface area contributed by atoms with Gasteiger partial charge in [-0.05, 0) is 0 Å². The van der Waals surface area contributed by atoms with Crippen LogP contribution in [0.25, 0.3) is 10.3 Å². The quantitative estimate of drug-likeness (QED) is 0.761. The van der Waals surface area contributed by atoms with E-state index in [2.05, 4.69) is 15.0 Å². The van der Waals surface area contributed by atoms with Crippen LogP contribution in [0.15, 0.2) is 5.16 Å². The van der Waals surface area contributed by atoms with Gasteiger partial charge >= 0.3 is 0 Å². The molecule has 7 nitrogen and oxygen atoms in total. The number of nitrogen functional groups attached to an aromatic ring is 1. The molecule has 0 atom stereocenters. The Balaban J connectivity index is 2.82. The van der Waals surface area contributed by atoms with Crippen molar-refractivity contribution in [2.24, 2.45) is 0 Å². The molecule has 2 heterocycles. The highest BCUT2D eigenvalue weighted by Gasteiger charge is 2.18. The highest BCUT2D eigenvalue weighted by atomic mass is 32.2. The number of nitrogens with two attached hydrogens (primary N) is 1. The number of hydrogen-bond donors (Lipinski definition) is 1. The lowest BCUT2D eigenvalue weighted by molar-refractivity contribution is 0.397. The first-order valence-electron chi connectivity index (χ1n) is 4.10. The van der Waals surface area contributed by atoms with Crippen LogP contribution in [0.1, 0.15) is 0 Å². The van der Waals surface area contributed by atoms with Crippen LogP contribution in [0.5, 0.6) is 5.88 Å². The molecule has 0 bridgehead atoms. The number of rotatable bonds is 2. The van der Waals surface area contributed by atoms with E-state index in [1.165, 1.54) is 7.11 Å². The molecule has 0 unspecified atom stereocenters. The number of fused-ring (bicyclic) bond motifs is 1. The van der Waals surface area contributed by atoms with E-state index in [1.807, 2.05) is 0 Å². The van der Waals surface area contributed by atoms with Crippen molar-refractivity contribution in [3.05, 3.63) is 0 Å². The summed E-state index contributed by atoms with van der Waals surface area (Å²) in [7, 11) is -2.10. The molecule has 0 aromatic carbocycles. The third kappa shape index (κ3) is 1.78. The lowest BCUT2D eigenvalue weighted by atomic mass is 10.5. The maximum absolute atomic E-state index is 11.3. The molecule has 0 aliphatic carbocycles. The minimum atomic E-state index is -3.48. The van der Waals surface area contributed by atoms with Crippen molar-refractivity contribution in [3.63, 3.8) is 0 Å². The summed E-state index contributed by atoms with van der Waals surface area (Å²) in [6.07, 6.45) is 1.03. The summed E-state index contributed by atoms with van der Waals surface area (Å²) in [4.78, 5) is 12.0. The van der Waals surface area contributed by atoms with Crippen LogP contribution in [-0.2, 0) is 9.84 Å². The standard InChI is InChI=1S/C7H8N4O3S2/c1-14-4-3-5(15-6(8)9-3)11-7(10-4)16(2,12)13/h1-2H3,(H2,8,9). The Morgan fingerprint density at radius 1 is 1.31 bits per heavy atom. The van der Waals surface area contributed by atoms with Gasteiger partial charge in [0.2, 0.25) is 15.7 Å². The maximum Gasteiger partial charge on any atom is 0.251 e. The highest BCUT2D eigenvalue weighted by molar-refractivity contribution is 7.90. The van der Waals surface area contributed by atoms with Crippen molar-refractivity contribution >= 4 is 36.7 Å². The molecule has 0 saturated carbocycles. The zero-order valence-electron chi connectivity index (χ0n) is 8.46. The number of anilines is 1. The summed E-state index contributed by atoms with van der Waals surface area (Å²) in [5.41, 5.74) is 5.88. The highest BCUT2D eigenvalue weighted by Crippen LogP contribution is 2.28. The fourth-order valence-electron chi connectivity index (χ4n) is 1.10. The van der Waals surface area contributed by atoms with Crippen LogP contribution >= 0.6 is 11.3 Å². The number of hydrogen-bond acceptors (Lipinski definition) is 8. The van der Waals surface area contributed by atoms with Crippen LogP contribution in [0, 0.1) is 0 Å². The maximum atomic E-state index is 11.3. The molecule has 0 aliphatic heterocycles. The minimum absolute atomic E-state index is 0.110. The van der Waals surface area contributed by atoms with Crippen LogP contribution < -0.4 is 10.5 Å². The van der Waals surface area contributed by atoms with Crippen LogP contribution in [0.2, 0.25) is 0 Å². The van der Waals surface area contributed by atoms with Crippen molar-refractivity contribution in [2.45, 2.75) is 5.16 Å². The Labute approximate surface area is 95.2 Å². The molecule has 0 radical (unpaired) electrons. The Kier molecular flexibility index (Phi) is 2.43. The molecule has 16 heavy (non-hydrogen) atoms. The summed E-state index contributed by atoms with van der Waals surface area (Å²) < 4.78 is 27.6. The Bertz CT molecular complexity index is 649. The van der Waals surface area contributed by atoms with Crippen molar-refractivity contribution in [1.82, 2.24) is 15.0 Å². The monoisotopic (exact) mass is 260 g/mol. The fourth-order valence-corrected chi connectivity index (χ4v) is 2.36. The number of ether oxygens (including phenoxy) is 1. The van der Waals surface area contributed by atoms with E-state index in [1.54, 1.807) is 0 Å². The van der Waals surface area contributed by atoms with Gasteiger partial charge in [-0.3, -0.25) is 0 Å². The smallest absolute Gasteiger partial charge is 0.251 e. The molecular formula is C7H8N4O3S2. The summed E-state index contributed by atoms with van der Waals surface area (Å²) >= 11 is 1.08. The Morgan fingerprint density at radius 2 is 2.00 bits per heavy atom. The van der Waals surface area contributed by atoms with Gasteiger partial charge < -0.3 is 10.5 Å². The van der Waals surface area contributed by atoms with Gasteiger partial charge in [-0.15, -0.1) is 0 Å². The molecule has 0 fully saturated rings. The third-order valence-electron chi connectivity index (χ3n) is 1.75. The molecule has 0 saturated heterocycles. The molecule has 0 amide bonds. The van der Waals surface area contributed by atoms with Crippen LogP contribution in [0.4, 0.5) is 5.13 Å². The fraction of sp³-hybridized carbons (Fsp3) is 0.286. The molecule has 9 heteroatoms. The van der Waals surface area contributed by atoms with Crippen molar-refractivity contribution < 1.29 is 13.2 Å². The van der Waals surface area contributed by atoms with Gasteiger partial charge in [0.15, 0.2) is 15.5 Å². The molecular weight excluding hydrogens is 252 g/mol. The van der Waals surface area contributed by atoms with Crippen molar-refractivity contribution in [3.8, 4) is 5.88 Å². The van der Waals surface area contributed by atoms with E-state index >= 15 is 0 Å². The number of thiazole rings is 1. The first-order valence-corrected chi connectivity index (χ1v) is 6.80. The largest absolute Gasteiger partial charge is 0.479 e. The van der Waals surface area contributed by atoms with E-state index in [4.69, 9.17) is 10.5 Å². The summed E-state index contributed by atoms with van der Waals surface area (Å²) in [6, 6.07) is 0. The molecule has 2 aromatic rings. The van der Waals surface area contributed by atoms with E-state index < -0.39 is 9.84 Å². The SMILES string of the molecule is COc1nc(S(C)(=O)=O)nc2sc(N)nc12. The van der Waals surface area contributed by atoms with Crippen LogP contribution in [0.3, 0.4) is 0 Å². The number of nitrogens with zero attached hydrogens (tertiary/aromatic N) is 3. The van der Waals surface area contributed by atoms with Crippen LogP contribution in [-0.4, -0.2) is 36.7 Å². The molecule has 2 N–H and O–H groups in total. The predicted molar refractivity (Wildman–Crippen MR) is 59.3 cm³/mol. The molecule has 86 valence electrons. The first kappa shape index (κ1) is 11.0. The molecule has 0 spiro atoms. The lowest BCUT2D eigenvalue weighted by Gasteiger charge is -2.01. The van der Waals surface area contributed by atoms with Gasteiger partial charge in [0.1, 0.15) is 0 Å². The van der Waals surface area contributed by atoms with Crippen molar-refractivity contribution in [2.75, 3.05) is 19.1 Å². The second kappa shape index (κ2) is 3.52. The van der Waals surface area contributed by atoms with E-state index in [0.717, 1.165) is 17.6 Å². The minimum Gasteiger partial charge on any atom is -0.479 e. The first-order chi connectivity index (χ1) is 7.41. The van der Waals surface area contributed by atoms with Gasteiger partial charge in [0.25, 0.3) is 5.16 Å². The average Bonchev–Trinajstić information content (AvgIpc) is 2.54. The average molecular weight is 260 g/mol. The van der Waals surface area contributed by atoms with E-state index in [9.17, 15) is 8.42 Å². The van der Waals surface area contributed by atoms with E-state index in [-0.39, 0.29) is 16.2 Å². The predicted octanol–water partition coefficient (Wildman–Crippen LogP) is 0.0806. The van der Waals surface area contributed by atoms with E-state index in [0.29, 0.717) is 10.3 Å². The van der Waals surface area contributed by atoms with Gasteiger partial charge in [-0.1, -0.05) is 11.3 Å². The molecule has 0 aliphatic rings. The zero-order chi connectivity index (χ0) is 11.9. The lowest BCUT2D eigenvalue weighted by Crippen LogP contribution is -2.05. The van der Waals surface area contributed by atoms with Gasteiger partial charge in [-0.2, -0.15) is 4.98 Å². The molecule has 2 rings (SSSR count). The molecule has 2 aromatic heterocycles. The second-order valence-electron chi connectivity index (χ2n) is 2.99. The van der Waals surface area contributed by atoms with Gasteiger partial charge in [0.05, 0.1) is 7.11 Å². The van der Waals surface area contributed by atoms with Crippen molar-refractivity contribution in [1.29, 1.82) is 0 Å². The summed E-state index contributed by atoms with van der Waals surface area (Å²) in [6.45, 7) is 0. The summed E-state index contributed by atoms with van der Waals surface area (Å²) in [5, 5.41) is -0.00579.